The largest absolute Gasteiger partial charge is 0.504 e. The van der Waals surface area contributed by atoms with E-state index in [0.717, 1.165) is 12.8 Å². The maximum atomic E-state index is 12.6. The fourth-order valence-corrected chi connectivity index (χ4v) is 2.96. The first-order chi connectivity index (χ1) is 12.9. The molecule has 0 amide bonds. The van der Waals surface area contributed by atoms with Crippen molar-refractivity contribution in [1.82, 2.24) is 0 Å². The number of hydrogen-bond donors (Lipinski definition) is 5. The van der Waals surface area contributed by atoms with Crippen molar-refractivity contribution in [3.8, 4) is 28.6 Å². The monoisotopic (exact) mass is 366 g/mol. The normalized spacial score (nSPS) is 13.6. The van der Waals surface area contributed by atoms with Crippen LogP contribution in [0.1, 0.15) is 19.3 Å². The number of hydrogen-bond acceptors (Lipinski definition) is 6. The molecule has 3 aromatic rings. The smallest absolute Gasteiger partial charge is 0.235 e. The summed E-state index contributed by atoms with van der Waals surface area (Å²) in [6.07, 6.45) is 2.98. The van der Waals surface area contributed by atoms with Gasteiger partial charge in [-0.05, 0) is 55.2 Å². The predicted octanol–water partition coefficient (Wildman–Crippen LogP) is 3.77. The minimum atomic E-state index is -0.615. The van der Waals surface area contributed by atoms with Gasteiger partial charge in [-0.15, -0.1) is 0 Å². The summed E-state index contributed by atoms with van der Waals surface area (Å²) in [4.78, 5) is 12.6. The molecule has 138 valence electrons. The summed E-state index contributed by atoms with van der Waals surface area (Å²) < 4.78 is 5.66. The van der Waals surface area contributed by atoms with Crippen LogP contribution < -0.4 is 10.7 Å². The zero-order valence-corrected chi connectivity index (χ0v) is 14.3. The fraction of sp³-hybridized carbons (Fsp3) is 0.200. The number of phenols is 2. The van der Waals surface area contributed by atoms with Gasteiger partial charge in [-0.3, -0.25) is 10.2 Å². The molecule has 5 N–H and O–H groups in total. The minimum absolute atomic E-state index is 0.0926. The van der Waals surface area contributed by atoms with Gasteiger partial charge < -0.3 is 25.1 Å². The highest BCUT2D eigenvalue weighted by Crippen LogP contribution is 2.36. The highest BCUT2D eigenvalue weighted by Gasteiger charge is 2.23. The third-order valence-electron chi connectivity index (χ3n) is 4.59. The quantitative estimate of drug-likeness (QED) is 0.272. The topological polar surface area (TPSA) is 127 Å². The van der Waals surface area contributed by atoms with Crippen LogP contribution in [0.2, 0.25) is 0 Å². The van der Waals surface area contributed by atoms with Crippen LogP contribution >= 0.6 is 0 Å². The maximum absolute atomic E-state index is 12.6. The Morgan fingerprint density at radius 1 is 1.11 bits per heavy atom. The number of anilines is 1. The summed E-state index contributed by atoms with van der Waals surface area (Å²) in [5.41, 5.74) is 0.487. The third-order valence-corrected chi connectivity index (χ3v) is 4.59. The minimum Gasteiger partial charge on any atom is -0.504 e. The van der Waals surface area contributed by atoms with E-state index in [2.05, 4.69) is 5.32 Å². The lowest BCUT2D eigenvalue weighted by atomic mass is 10.1. The van der Waals surface area contributed by atoms with E-state index >= 15 is 0 Å². The van der Waals surface area contributed by atoms with Gasteiger partial charge in [-0.25, -0.2) is 0 Å². The van der Waals surface area contributed by atoms with Crippen molar-refractivity contribution in [3.63, 3.8) is 0 Å². The Morgan fingerprint density at radius 3 is 2.59 bits per heavy atom. The molecule has 0 radical (unpaired) electrons. The molecule has 0 saturated heterocycles. The molecule has 1 aliphatic rings. The molecule has 1 saturated carbocycles. The fourth-order valence-electron chi connectivity index (χ4n) is 2.96. The van der Waals surface area contributed by atoms with Gasteiger partial charge in [0, 0.05) is 17.7 Å². The lowest BCUT2D eigenvalue weighted by Crippen LogP contribution is -2.11. The van der Waals surface area contributed by atoms with Crippen molar-refractivity contribution in [2.75, 3.05) is 5.32 Å². The summed E-state index contributed by atoms with van der Waals surface area (Å²) in [5.74, 6) is -0.414. The first-order valence-corrected chi connectivity index (χ1v) is 8.59. The number of benzene rings is 2. The Balaban J connectivity index is 1.73. The van der Waals surface area contributed by atoms with Gasteiger partial charge in [0.2, 0.25) is 11.2 Å². The van der Waals surface area contributed by atoms with Crippen molar-refractivity contribution in [1.29, 1.82) is 5.41 Å². The molecule has 7 heteroatoms. The Kier molecular flexibility index (Phi) is 3.99. The van der Waals surface area contributed by atoms with Crippen LogP contribution in [0, 0.1) is 11.3 Å². The van der Waals surface area contributed by atoms with Gasteiger partial charge >= 0.3 is 0 Å². The molecule has 1 aromatic heterocycles. The molecule has 0 spiro atoms. The molecule has 0 atom stereocenters. The lowest BCUT2D eigenvalue weighted by molar-refractivity contribution is 0.403. The maximum Gasteiger partial charge on any atom is 0.235 e. The Morgan fingerprint density at radius 2 is 1.89 bits per heavy atom. The van der Waals surface area contributed by atoms with Gasteiger partial charge in [0.15, 0.2) is 17.3 Å². The number of rotatable bonds is 4. The average Bonchev–Trinajstić information content (AvgIpc) is 3.45. The summed E-state index contributed by atoms with van der Waals surface area (Å²) in [6.45, 7) is 0. The second-order valence-corrected chi connectivity index (χ2v) is 6.77. The van der Waals surface area contributed by atoms with Crippen LogP contribution in [0.3, 0.4) is 0 Å². The first-order valence-electron chi connectivity index (χ1n) is 8.59. The number of aromatic hydroxyl groups is 3. The van der Waals surface area contributed by atoms with Crippen molar-refractivity contribution >= 4 is 22.5 Å². The molecule has 2 aromatic carbocycles. The Bertz CT molecular complexity index is 1120. The van der Waals surface area contributed by atoms with E-state index in [1.807, 2.05) is 0 Å². The standard InChI is InChI=1S/C20H18N2O5/c21-17(7-10-1-2-10)22-12-4-6-16-13(9-12)18(25)19(26)20(27-16)11-3-5-14(23)15(24)8-11/h3-6,8-10,23-24,26H,1-2,7H2,(H2,21,22). The zero-order valence-electron chi connectivity index (χ0n) is 14.3. The van der Waals surface area contributed by atoms with Crippen LogP contribution in [-0.4, -0.2) is 21.2 Å². The van der Waals surface area contributed by atoms with Crippen molar-refractivity contribution in [3.05, 3.63) is 46.6 Å². The van der Waals surface area contributed by atoms with Gasteiger partial charge in [0.1, 0.15) is 5.58 Å². The molecule has 27 heavy (non-hydrogen) atoms. The lowest BCUT2D eigenvalue weighted by Gasteiger charge is -2.10. The summed E-state index contributed by atoms with van der Waals surface area (Å²) in [5, 5.41) is 40.5. The molecule has 0 bridgehead atoms. The third kappa shape index (κ3) is 3.31. The molecule has 1 aliphatic carbocycles. The summed E-state index contributed by atoms with van der Waals surface area (Å²) >= 11 is 0. The van der Waals surface area contributed by atoms with Crippen molar-refractivity contribution < 1.29 is 19.7 Å². The zero-order chi connectivity index (χ0) is 19.1. The number of fused-ring (bicyclic) bond motifs is 1. The van der Waals surface area contributed by atoms with Crippen LogP contribution in [-0.2, 0) is 0 Å². The van der Waals surface area contributed by atoms with Crippen LogP contribution in [0.4, 0.5) is 5.69 Å². The molecular formula is C20H18N2O5. The van der Waals surface area contributed by atoms with E-state index in [0.29, 0.717) is 23.9 Å². The van der Waals surface area contributed by atoms with E-state index in [1.165, 1.54) is 18.2 Å². The van der Waals surface area contributed by atoms with Gasteiger partial charge in [0.25, 0.3) is 0 Å². The number of phenolic OH excluding ortho intramolecular Hbond substituents is 2. The Labute approximate surface area is 154 Å². The van der Waals surface area contributed by atoms with E-state index in [-0.39, 0.29) is 33.8 Å². The number of nitrogens with one attached hydrogen (secondary N) is 2. The molecule has 1 heterocycles. The number of amidine groups is 1. The van der Waals surface area contributed by atoms with E-state index < -0.39 is 11.2 Å². The molecule has 0 aliphatic heterocycles. The second kappa shape index (κ2) is 6.35. The van der Waals surface area contributed by atoms with Crippen LogP contribution in [0.15, 0.2) is 45.6 Å². The van der Waals surface area contributed by atoms with Gasteiger partial charge in [-0.1, -0.05) is 0 Å². The van der Waals surface area contributed by atoms with E-state index in [1.54, 1.807) is 18.2 Å². The average molecular weight is 366 g/mol. The van der Waals surface area contributed by atoms with Gasteiger partial charge in [-0.2, -0.15) is 0 Å². The highest BCUT2D eigenvalue weighted by atomic mass is 16.4. The second-order valence-electron chi connectivity index (χ2n) is 6.77. The molecule has 7 nitrogen and oxygen atoms in total. The van der Waals surface area contributed by atoms with E-state index in [9.17, 15) is 20.1 Å². The van der Waals surface area contributed by atoms with Crippen molar-refractivity contribution in [2.24, 2.45) is 5.92 Å². The molecule has 0 unspecified atom stereocenters. The van der Waals surface area contributed by atoms with E-state index in [4.69, 9.17) is 9.83 Å². The SMILES string of the molecule is N=C(CC1CC1)Nc1ccc2oc(-c3ccc(O)c(O)c3)c(O)c(=O)c2c1. The molecule has 4 rings (SSSR count). The van der Waals surface area contributed by atoms with Crippen LogP contribution in [0.5, 0.6) is 17.2 Å². The molecular weight excluding hydrogens is 348 g/mol. The summed E-state index contributed by atoms with van der Waals surface area (Å²) in [7, 11) is 0. The highest BCUT2D eigenvalue weighted by molar-refractivity contribution is 5.95. The van der Waals surface area contributed by atoms with Crippen molar-refractivity contribution in [2.45, 2.75) is 19.3 Å². The predicted molar refractivity (Wildman–Crippen MR) is 102 cm³/mol. The Hall–Kier alpha value is -3.48. The summed E-state index contributed by atoms with van der Waals surface area (Å²) in [6, 6.07) is 8.70. The first kappa shape index (κ1) is 17.0. The van der Waals surface area contributed by atoms with Gasteiger partial charge in [0.05, 0.1) is 11.2 Å². The van der Waals surface area contributed by atoms with Crippen LogP contribution in [0.25, 0.3) is 22.3 Å². The molecule has 1 fully saturated rings.